The Morgan fingerprint density at radius 3 is 2.51 bits per heavy atom. The molecule has 5 rings (SSSR count). The van der Waals surface area contributed by atoms with Crippen molar-refractivity contribution >= 4 is 48.8 Å². The van der Waals surface area contributed by atoms with Crippen molar-refractivity contribution in [2.75, 3.05) is 34.8 Å². The van der Waals surface area contributed by atoms with Crippen molar-refractivity contribution in [3.8, 4) is 0 Å². The van der Waals surface area contributed by atoms with Crippen LogP contribution in [-0.4, -0.2) is 99.9 Å². The van der Waals surface area contributed by atoms with Crippen LogP contribution in [0.3, 0.4) is 0 Å². The van der Waals surface area contributed by atoms with Gasteiger partial charge in [-0.3, -0.25) is 28.5 Å². The number of H-pyrrole nitrogens is 1. The molecule has 1 amide bonds. The van der Waals surface area contributed by atoms with Gasteiger partial charge in [0.2, 0.25) is 5.95 Å². The fraction of sp³-hybridized carbons (Fsp3) is 0.433. The van der Waals surface area contributed by atoms with Crippen molar-refractivity contribution in [3.63, 3.8) is 0 Å². The second kappa shape index (κ2) is 16.1. The minimum absolute atomic E-state index is 0.0425. The lowest BCUT2D eigenvalue weighted by Crippen LogP contribution is -2.46. The maximum atomic E-state index is 13.1. The number of aliphatic hydroxyl groups excluding tert-OH is 1. The maximum absolute atomic E-state index is 13.1. The average Bonchev–Trinajstić information content (AvgIpc) is 3.45. The molecule has 1 fully saturated rings. The molecule has 0 saturated carbocycles. The lowest BCUT2D eigenvalue weighted by Gasteiger charge is -2.39. The van der Waals surface area contributed by atoms with Gasteiger partial charge in [0.15, 0.2) is 5.82 Å². The van der Waals surface area contributed by atoms with Gasteiger partial charge in [-0.15, -0.1) is 0 Å². The number of nitrogens with one attached hydrogen (secondary N) is 3. The first-order chi connectivity index (χ1) is 25.0. The quantitative estimate of drug-likeness (QED) is 0.0807. The number of nitrogens with two attached hydrogens (primary N) is 2. The molecule has 0 bridgehead atoms. The Morgan fingerprint density at radius 2 is 1.85 bits per heavy atom. The average molecular weight is 764 g/mol. The maximum Gasteiger partial charge on any atom is 0.469 e. The third-order valence-electron chi connectivity index (χ3n) is 8.69. The van der Waals surface area contributed by atoms with Gasteiger partial charge in [-0.05, 0) is 43.5 Å². The number of aliphatic carboxylic acids is 2. The number of carbonyl (C=O) groups excluding carboxylic acids is 1. The number of nitrogen functional groups attached to an aromatic ring is 2. The van der Waals surface area contributed by atoms with Crippen molar-refractivity contribution in [2.24, 2.45) is 0 Å². The number of anilines is 4. The van der Waals surface area contributed by atoms with Crippen LogP contribution in [0, 0.1) is 0 Å². The molecule has 3 aromatic rings. The van der Waals surface area contributed by atoms with Crippen LogP contribution in [0.4, 0.5) is 23.1 Å². The molecule has 0 radical (unpaired) electrons. The van der Waals surface area contributed by atoms with E-state index in [9.17, 15) is 38.8 Å². The van der Waals surface area contributed by atoms with Crippen molar-refractivity contribution in [2.45, 2.75) is 69.2 Å². The zero-order valence-corrected chi connectivity index (χ0v) is 28.7. The summed E-state index contributed by atoms with van der Waals surface area (Å²) >= 11 is 0. The van der Waals surface area contributed by atoms with E-state index in [-0.39, 0.29) is 54.9 Å². The van der Waals surface area contributed by atoms with E-state index in [4.69, 9.17) is 31.1 Å². The Labute approximate surface area is 299 Å². The van der Waals surface area contributed by atoms with E-state index in [1.807, 2.05) is 0 Å². The summed E-state index contributed by atoms with van der Waals surface area (Å²) in [6.45, 7) is -0.496. The number of carboxylic acids is 2. The van der Waals surface area contributed by atoms with Crippen molar-refractivity contribution < 1.29 is 53.3 Å². The number of aryl methyl sites for hydroxylation is 1. The highest BCUT2D eigenvalue weighted by Gasteiger charge is 2.38. The van der Waals surface area contributed by atoms with Crippen LogP contribution in [0.5, 0.6) is 0 Å². The normalized spacial score (nSPS) is 20.4. The van der Waals surface area contributed by atoms with Gasteiger partial charge in [-0.25, -0.2) is 19.1 Å². The lowest BCUT2D eigenvalue weighted by molar-refractivity contribution is -0.140. The summed E-state index contributed by atoms with van der Waals surface area (Å²) in [7, 11) is -4.86. The van der Waals surface area contributed by atoms with Gasteiger partial charge in [0.1, 0.15) is 24.1 Å². The molecule has 22 nitrogen and oxygen atoms in total. The van der Waals surface area contributed by atoms with Crippen LogP contribution in [0.2, 0.25) is 0 Å². The van der Waals surface area contributed by atoms with E-state index in [1.165, 1.54) is 18.3 Å². The number of fused-ring (bicyclic) bond motifs is 1. The highest BCUT2D eigenvalue weighted by atomic mass is 31.2. The standard InChI is InChI=1S/C30H38N9O13P/c31-25-24-18(35-29(32)36-25)6-5-17(10-33-16-3-1-14(2-4-16)26(43)34-19(28(45)46)7-8-23(41)42)38(24)11-15-12-39(30(47)37-27(15)44)22-9-20(40)21(52-22)13-51-53(48,49)50/h1-4,12,17,19-22,33,40H,5-11,13H2,(H,34,43)(H,41,42)(H,45,46)(H,37,44,47)(H2,48,49,50)(H4,31,32,35,36). The molecule has 0 spiro atoms. The predicted molar refractivity (Wildman–Crippen MR) is 184 cm³/mol. The lowest BCUT2D eigenvalue weighted by atomic mass is 9.98. The zero-order chi connectivity index (χ0) is 38.6. The largest absolute Gasteiger partial charge is 0.481 e. The number of aromatic nitrogens is 4. The summed E-state index contributed by atoms with van der Waals surface area (Å²) in [5, 5.41) is 34.2. The molecule has 23 heteroatoms. The SMILES string of the molecule is Nc1nc(N)c2c(n1)CCC(CNc1ccc(C(=O)NC(CCC(=O)O)C(=O)O)cc1)N2Cc1cn(C2CC(O)C(COP(=O)(O)O)O2)c(=O)[nH]c1=O. The number of phosphoric acid groups is 1. The number of benzene rings is 1. The summed E-state index contributed by atoms with van der Waals surface area (Å²) in [4.78, 5) is 91.5. The Kier molecular flexibility index (Phi) is 11.8. The number of nitrogens with zero attached hydrogens (tertiary/aromatic N) is 4. The smallest absolute Gasteiger partial charge is 0.469 e. The number of carbonyl (C=O) groups is 3. The van der Waals surface area contributed by atoms with Crippen LogP contribution in [0.15, 0.2) is 40.1 Å². The van der Waals surface area contributed by atoms with Crippen molar-refractivity contribution in [1.82, 2.24) is 24.8 Å². The molecule has 5 unspecified atom stereocenters. The topological polar surface area (TPSA) is 348 Å². The Balaban J connectivity index is 1.34. The first kappa shape index (κ1) is 38.8. The molecule has 5 atom stereocenters. The number of carboxylic acid groups (broad SMARTS) is 2. The van der Waals surface area contributed by atoms with Crippen molar-refractivity contribution in [1.29, 1.82) is 0 Å². The third kappa shape index (κ3) is 9.74. The summed E-state index contributed by atoms with van der Waals surface area (Å²) in [5.41, 5.74) is 12.4. The molecule has 1 saturated heterocycles. The summed E-state index contributed by atoms with van der Waals surface area (Å²) in [6.07, 6.45) is -2.19. The Bertz CT molecular complexity index is 2020. The molecule has 1 aromatic carbocycles. The van der Waals surface area contributed by atoms with Gasteiger partial charge in [-0.2, -0.15) is 4.98 Å². The van der Waals surface area contributed by atoms with E-state index in [0.29, 0.717) is 29.9 Å². The number of amides is 1. The van der Waals surface area contributed by atoms with Gasteiger partial charge in [0, 0.05) is 42.9 Å². The summed E-state index contributed by atoms with van der Waals surface area (Å²) in [5.74, 6) is -3.25. The van der Waals surface area contributed by atoms with Gasteiger partial charge >= 0.3 is 25.5 Å². The Morgan fingerprint density at radius 1 is 1.13 bits per heavy atom. The number of rotatable bonds is 15. The number of ether oxygens (including phenoxy) is 1. The molecule has 0 aliphatic carbocycles. The van der Waals surface area contributed by atoms with Crippen LogP contribution in [-0.2, 0) is 36.4 Å². The molecule has 53 heavy (non-hydrogen) atoms. The van der Waals surface area contributed by atoms with E-state index in [0.717, 1.165) is 4.57 Å². The number of aliphatic hydroxyl groups is 1. The monoisotopic (exact) mass is 763 g/mol. The fourth-order valence-electron chi connectivity index (χ4n) is 6.08. The van der Waals surface area contributed by atoms with E-state index in [1.54, 1.807) is 17.0 Å². The predicted octanol–water partition coefficient (Wildman–Crippen LogP) is -1.27. The molecule has 2 aromatic heterocycles. The third-order valence-corrected chi connectivity index (χ3v) is 9.17. The van der Waals surface area contributed by atoms with Gasteiger partial charge in [0.25, 0.3) is 11.5 Å². The van der Waals surface area contributed by atoms with Gasteiger partial charge in [-0.1, -0.05) is 0 Å². The van der Waals surface area contributed by atoms with Gasteiger partial charge < -0.3 is 56.8 Å². The minimum Gasteiger partial charge on any atom is -0.481 e. The van der Waals surface area contributed by atoms with Crippen LogP contribution < -0.4 is 38.2 Å². The second-order valence-corrected chi connectivity index (χ2v) is 13.6. The zero-order valence-electron chi connectivity index (χ0n) is 27.8. The molecule has 2 aliphatic rings. The van der Waals surface area contributed by atoms with Crippen LogP contribution in [0.1, 0.15) is 53.5 Å². The van der Waals surface area contributed by atoms with E-state index < -0.39 is 74.4 Å². The van der Waals surface area contributed by atoms with E-state index in [2.05, 4.69) is 30.1 Å². The highest BCUT2D eigenvalue weighted by molar-refractivity contribution is 7.46. The summed E-state index contributed by atoms with van der Waals surface area (Å²) in [6, 6.07) is 4.36. The number of aromatic amines is 1. The second-order valence-electron chi connectivity index (χ2n) is 12.4. The number of hydrogen-bond donors (Lipinski definition) is 10. The number of phosphoric ester groups is 1. The fourth-order valence-corrected chi connectivity index (χ4v) is 6.42. The summed E-state index contributed by atoms with van der Waals surface area (Å²) < 4.78 is 22.3. The highest BCUT2D eigenvalue weighted by Crippen LogP contribution is 2.38. The molecule has 286 valence electrons. The molecule has 12 N–H and O–H groups in total. The van der Waals surface area contributed by atoms with Crippen LogP contribution in [0.25, 0.3) is 0 Å². The first-order valence-electron chi connectivity index (χ1n) is 16.1. The molecular formula is C30H38N9O13P. The molecular weight excluding hydrogens is 725 g/mol. The van der Waals surface area contributed by atoms with Gasteiger partial charge in [0.05, 0.1) is 30.5 Å². The minimum atomic E-state index is -4.86. The molecule has 4 heterocycles. The first-order valence-corrected chi connectivity index (χ1v) is 17.7. The van der Waals surface area contributed by atoms with Crippen LogP contribution >= 0.6 is 7.82 Å². The number of hydrogen-bond acceptors (Lipinski definition) is 15. The Hall–Kier alpha value is -5.38. The van der Waals surface area contributed by atoms with E-state index >= 15 is 0 Å². The van der Waals surface area contributed by atoms with Crippen molar-refractivity contribution in [3.05, 3.63) is 68.1 Å². The molecule has 2 aliphatic heterocycles.